The van der Waals surface area contributed by atoms with Crippen molar-refractivity contribution in [3.8, 4) is 0 Å². The van der Waals surface area contributed by atoms with Crippen LogP contribution in [0.3, 0.4) is 0 Å². The van der Waals surface area contributed by atoms with Gasteiger partial charge >= 0.3 is 0 Å². The standard InChI is InChI=1S/C13H17BrN2O/c14-9-6-7-11(13(15)17)12(8-9)16-10-4-2-1-3-5-10/h6-8,10,16H,1-5H2,(H2,15,17). The maximum absolute atomic E-state index is 11.3. The maximum atomic E-state index is 11.3. The van der Waals surface area contributed by atoms with Gasteiger partial charge in [-0.3, -0.25) is 4.79 Å². The molecular weight excluding hydrogens is 280 g/mol. The number of amides is 1. The highest BCUT2D eigenvalue weighted by Crippen LogP contribution is 2.26. The molecule has 0 unspecified atom stereocenters. The molecule has 1 amide bonds. The lowest BCUT2D eigenvalue weighted by Crippen LogP contribution is -2.24. The Morgan fingerprint density at radius 1 is 1.29 bits per heavy atom. The first-order chi connectivity index (χ1) is 8.16. The van der Waals surface area contributed by atoms with Gasteiger partial charge in [0.15, 0.2) is 0 Å². The first kappa shape index (κ1) is 12.4. The second-order valence-electron chi connectivity index (χ2n) is 4.53. The van der Waals surface area contributed by atoms with Crippen molar-refractivity contribution in [3.05, 3.63) is 28.2 Å². The Bertz CT molecular complexity index is 414. The monoisotopic (exact) mass is 296 g/mol. The normalized spacial score (nSPS) is 16.8. The number of carbonyl (C=O) groups is 1. The van der Waals surface area contributed by atoms with Crippen LogP contribution in [0.2, 0.25) is 0 Å². The van der Waals surface area contributed by atoms with E-state index in [2.05, 4.69) is 21.2 Å². The summed E-state index contributed by atoms with van der Waals surface area (Å²) in [5.74, 6) is -0.379. The van der Waals surface area contributed by atoms with Crippen LogP contribution in [0.25, 0.3) is 0 Å². The summed E-state index contributed by atoms with van der Waals surface area (Å²) in [6.45, 7) is 0. The predicted molar refractivity (Wildman–Crippen MR) is 73.2 cm³/mol. The molecule has 92 valence electrons. The molecule has 0 spiro atoms. The molecule has 0 atom stereocenters. The minimum absolute atomic E-state index is 0.379. The Kier molecular flexibility index (Phi) is 4.05. The number of hydrogen-bond acceptors (Lipinski definition) is 2. The van der Waals surface area contributed by atoms with Crippen molar-refractivity contribution in [1.29, 1.82) is 0 Å². The van der Waals surface area contributed by atoms with E-state index in [4.69, 9.17) is 5.73 Å². The van der Waals surface area contributed by atoms with E-state index in [1.54, 1.807) is 6.07 Å². The third kappa shape index (κ3) is 3.22. The van der Waals surface area contributed by atoms with E-state index in [1.807, 2.05) is 12.1 Å². The van der Waals surface area contributed by atoms with Crippen molar-refractivity contribution in [2.24, 2.45) is 5.73 Å². The molecule has 1 fully saturated rings. The van der Waals surface area contributed by atoms with Gasteiger partial charge in [-0.2, -0.15) is 0 Å². The smallest absolute Gasteiger partial charge is 0.250 e. The molecule has 1 aromatic rings. The van der Waals surface area contributed by atoms with Gasteiger partial charge in [0.1, 0.15) is 0 Å². The minimum Gasteiger partial charge on any atom is -0.382 e. The number of nitrogens with one attached hydrogen (secondary N) is 1. The van der Waals surface area contributed by atoms with Crippen molar-refractivity contribution in [3.63, 3.8) is 0 Å². The predicted octanol–water partition coefficient (Wildman–Crippen LogP) is 3.29. The van der Waals surface area contributed by atoms with Crippen molar-refractivity contribution in [2.45, 2.75) is 38.1 Å². The Labute approximate surface area is 110 Å². The molecule has 0 heterocycles. The van der Waals surface area contributed by atoms with E-state index < -0.39 is 0 Å². The summed E-state index contributed by atoms with van der Waals surface area (Å²) in [6, 6.07) is 5.99. The lowest BCUT2D eigenvalue weighted by molar-refractivity contribution is 0.100. The van der Waals surface area contributed by atoms with Crippen LogP contribution in [-0.4, -0.2) is 11.9 Å². The Morgan fingerprint density at radius 3 is 2.65 bits per heavy atom. The fourth-order valence-corrected chi connectivity index (χ4v) is 2.68. The molecule has 4 heteroatoms. The number of rotatable bonds is 3. The molecule has 0 aliphatic heterocycles. The van der Waals surface area contributed by atoms with Gasteiger partial charge in [0.2, 0.25) is 0 Å². The average molecular weight is 297 g/mol. The molecule has 17 heavy (non-hydrogen) atoms. The summed E-state index contributed by atoms with van der Waals surface area (Å²) in [7, 11) is 0. The highest BCUT2D eigenvalue weighted by atomic mass is 79.9. The zero-order chi connectivity index (χ0) is 12.3. The lowest BCUT2D eigenvalue weighted by atomic mass is 9.95. The second kappa shape index (κ2) is 5.54. The van der Waals surface area contributed by atoms with E-state index in [1.165, 1.54) is 32.1 Å². The fourth-order valence-electron chi connectivity index (χ4n) is 2.32. The maximum Gasteiger partial charge on any atom is 0.250 e. The van der Waals surface area contributed by atoms with Crippen molar-refractivity contribution >= 4 is 27.5 Å². The van der Waals surface area contributed by atoms with Crippen molar-refractivity contribution in [2.75, 3.05) is 5.32 Å². The van der Waals surface area contributed by atoms with Gasteiger partial charge in [0.25, 0.3) is 5.91 Å². The number of halogens is 1. The summed E-state index contributed by atoms with van der Waals surface area (Å²) >= 11 is 3.42. The summed E-state index contributed by atoms with van der Waals surface area (Å²) in [5, 5.41) is 3.44. The van der Waals surface area contributed by atoms with Gasteiger partial charge in [-0.1, -0.05) is 35.2 Å². The number of benzene rings is 1. The van der Waals surface area contributed by atoms with Crippen LogP contribution in [0.5, 0.6) is 0 Å². The zero-order valence-electron chi connectivity index (χ0n) is 9.71. The van der Waals surface area contributed by atoms with Crippen LogP contribution < -0.4 is 11.1 Å². The lowest BCUT2D eigenvalue weighted by Gasteiger charge is -2.24. The first-order valence-corrected chi connectivity index (χ1v) is 6.82. The summed E-state index contributed by atoms with van der Waals surface area (Å²) in [4.78, 5) is 11.3. The second-order valence-corrected chi connectivity index (χ2v) is 5.45. The largest absolute Gasteiger partial charge is 0.382 e. The van der Waals surface area contributed by atoms with E-state index in [0.717, 1.165) is 10.2 Å². The van der Waals surface area contributed by atoms with E-state index >= 15 is 0 Å². The molecule has 2 rings (SSSR count). The highest BCUT2D eigenvalue weighted by molar-refractivity contribution is 9.10. The number of hydrogen-bond donors (Lipinski definition) is 2. The molecule has 3 nitrogen and oxygen atoms in total. The summed E-state index contributed by atoms with van der Waals surface area (Å²) in [6.07, 6.45) is 6.18. The van der Waals surface area contributed by atoms with Gasteiger partial charge < -0.3 is 11.1 Å². The van der Waals surface area contributed by atoms with E-state index in [0.29, 0.717) is 11.6 Å². The molecule has 1 aromatic carbocycles. The highest BCUT2D eigenvalue weighted by Gasteiger charge is 2.16. The van der Waals surface area contributed by atoms with Crippen LogP contribution >= 0.6 is 15.9 Å². The summed E-state index contributed by atoms with van der Waals surface area (Å²) < 4.78 is 0.959. The molecule has 1 aliphatic rings. The van der Waals surface area contributed by atoms with Crippen molar-refractivity contribution in [1.82, 2.24) is 0 Å². The zero-order valence-corrected chi connectivity index (χ0v) is 11.3. The van der Waals surface area contributed by atoms with Gasteiger partial charge in [-0.25, -0.2) is 0 Å². The van der Waals surface area contributed by atoms with Crippen LogP contribution in [0.15, 0.2) is 22.7 Å². The fraction of sp³-hybridized carbons (Fsp3) is 0.462. The molecule has 3 N–H and O–H groups in total. The van der Waals surface area contributed by atoms with Crippen LogP contribution in [-0.2, 0) is 0 Å². The van der Waals surface area contributed by atoms with Gasteiger partial charge in [0.05, 0.1) is 5.56 Å². The third-order valence-electron chi connectivity index (χ3n) is 3.21. The van der Waals surface area contributed by atoms with Crippen LogP contribution in [0.4, 0.5) is 5.69 Å². The number of carbonyl (C=O) groups excluding carboxylic acids is 1. The van der Waals surface area contributed by atoms with Gasteiger partial charge in [-0.05, 0) is 31.0 Å². The molecular formula is C13H17BrN2O. The van der Waals surface area contributed by atoms with Gasteiger partial charge in [-0.15, -0.1) is 0 Å². The SMILES string of the molecule is NC(=O)c1ccc(Br)cc1NC1CCCCC1. The Hall–Kier alpha value is -1.03. The molecule has 0 bridgehead atoms. The number of anilines is 1. The average Bonchev–Trinajstić information content (AvgIpc) is 2.30. The molecule has 1 aliphatic carbocycles. The van der Waals surface area contributed by atoms with Crippen LogP contribution in [0.1, 0.15) is 42.5 Å². The Morgan fingerprint density at radius 2 is 2.00 bits per heavy atom. The van der Waals surface area contributed by atoms with E-state index in [9.17, 15) is 4.79 Å². The summed E-state index contributed by atoms with van der Waals surface area (Å²) in [5.41, 5.74) is 6.79. The van der Waals surface area contributed by atoms with E-state index in [-0.39, 0.29) is 5.91 Å². The minimum atomic E-state index is -0.379. The van der Waals surface area contributed by atoms with Crippen LogP contribution in [0, 0.1) is 0 Å². The molecule has 0 saturated heterocycles. The molecule has 0 aromatic heterocycles. The topological polar surface area (TPSA) is 55.1 Å². The van der Waals surface area contributed by atoms with Gasteiger partial charge in [0, 0.05) is 16.2 Å². The Balaban J connectivity index is 2.17. The third-order valence-corrected chi connectivity index (χ3v) is 3.71. The number of nitrogens with two attached hydrogens (primary N) is 1. The molecule has 0 radical (unpaired) electrons. The number of primary amides is 1. The quantitative estimate of drug-likeness (QED) is 0.899. The molecule has 1 saturated carbocycles. The first-order valence-electron chi connectivity index (χ1n) is 6.02. The van der Waals surface area contributed by atoms with Crippen molar-refractivity contribution < 1.29 is 4.79 Å².